The summed E-state index contributed by atoms with van der Waals surface area (Å²) in [6.45, 7) is 0.346. The Labute approximate surface area is 238 Å². The van der Waals surface area contributed by atoms with Gasteiger partial charge >= 0.3 is 0 Å². The minimum Gasteiger partial charge on any atom is -0.503 e. The van der Waals surface area contributed by atoms with Gasteiger partial charge in [-0.3, -0.25) is 19.3 Å². The zero-order valence-electron chi connectivity index (χ0n) is 20.8. The maximum atomic E-state index is 13.6. The van der Waals surface area contributed by atoms with Crippen LogP contribution in [-0.4, -0.2) is 29.5 Å². The number of aliphatic hydroxyl groups excluding tert-OH is 1. The normalized spacial score (nSPS) is 16.0. The topological polar surface area (TPSA) is 105 Å². The molecule has 2 aliphatic heterocycles. The number of Topliss-reactive ketones (excluding diaryl/α,β-unsaturated/α-hetero) is 1. The van der Waals surface area contributed by atoms with E-state index in [4.69, 9.17) is 21.1 Å². The lowest BCUT2D eigenvalue weighted by molar-refractivity contribution is -0.117. The lowest BCUT2D eigenvalue weighted by atomic mass is 9.95. The fraction of sp³-hybridized carbons (Fsp3) is 0.100. The van der Waals surface area contributed by atoms with Crippen molar-refractivity contribution in [2.45, 2.75) is 12.6 Å². The molecule has 2 aliphatic rings. The van der Waals surface area contributed by atoms with E-state index in [9.17, 15) is 19.5 Å². The second kappa shape index (κ2) is 10.5. The number of benzene rings is 3. The summed E-state index contributed by atoms with van der Waals surface area (Å²) in [5.74, 6) is -1.10. The Bertz CT molecular complexity index is 1670. The fourth-order valence-corrected chi connectivity index (χ4v) is 5.59. The number of aliphatic hydroxyl groups is 1. The Morgan fingerprint density at radius 2 is 1.77 bits per heavy atom. The first-order valence-corrected chi connectivity index (χ1v) is 13.5. The standard InChI is InChI=1S/C30H21ClN2O6S/c31-19-10-8-18(9-11-19)26-25(27(34)24-6-3-13-40-24)28(35)30(37)33(26)21-5-2-1-4-20(21)29(36)32-15-17-7-12-22-23(14-17)39-16-38-22/h1-14,26,35H,15-16H2,(H,32,36). The van der Waals surface area contributed by atoms with Gasteiger partial charge in [0.15, 0.2) is 17.3 Å². The van der Waals surface area contributed by atoms with Gasteiger partial charge in [-0.1, -0.05) is 48.0 Å². The molecule has 0 spiro atoms. The summed E-state index contributed by atoms with van der Waals surface area (Å²) in [6, 6.07) is 21.0. The molecule has 0 bridgehead atoms. The average molecular weight is 573 g/mol. The smallest absolute Gasteiger partial charge is 0.294 e. The number of ketones is 1. The zero-order valence-corrected chi connectivity index (χ0v) is 22.4. The largest absolute Gasteiger partial charge is 0.503 e. The third kappa shape index (κ3) is 4.59. The minimum atomic E-state index is -0.984. The molecule has 1 aromatic heterocycles. The molecule has 200 valence electrons. The number of carbonyl (C=O) groups excluding carboxylic acids is 3. The van der Waals surface area contributed by atoms with Crippen molar-refractivity contribution in [3.8, 4) is 11.5 Å². The molecule has 0 saturated heterocycles. The van der Waals surface area contributed by atoms with Crippen molar-refractivity contribution in [3.63, 3.8) is 0 Å². The van der Waals surface area contributed by atoms with E-state index in [0.717, 1.165) is 5.56 Å². The first-order valence-electron chi connectivity index (χ1n) is 12.3. The van der Waals surface area contributed by atoms with Crippen LogP contribution < -0.4 is 19.7 Å². The van der Waals surface area contributed by atoms with Gasteiger partial charge in [-0.05, 0) is 59.0 Å². The molecule has 6 rings (SSSR count). The highest BCUT2D eigenvalue weighted by Gasteiger charge is 2.45. The van der Waals surface area contributed by atoms with Gasteiger partial charge in [0.25, 0.3) is 11.8 Å². The van der Waals surface area contributed by atoms with Gasteiger partial charge in [0.05, 0.1) is 27.7 Å². The van der Waals surface area contributed by atoms with Crippen molar-refractivity contribution in [1.82, 2.24) is 5.32 Å². The monoisotopic (exact) mass is 572 g/mol. The molecule has 1 atom stereocenters. The van der Waals surface area contributed by atoms with E-state index in [2.05, 4.69) is 5.32 Å². The van der Waals surface area contributed by atoms with Crippen LogP contribution >= 0.6 is 22.9 Å². The van der Waals surface area contributed by atoms with Crippen LogP contribution in [0, 0.1) is 0 Å². The summed E-state index contributed by atoms with van der Waals surface area (Å²) in [4.78, 5) is 42.2. The van der Waals surface area contributed by atoms with E-state index < -0.39 is 29.4 Å². The molecule has 10 heteroatoms. The van der Waals surface area contributed by atoms with E-state index in [1.165, 1.54) is 16.2 Å². The first-order chi connectivity index (χ1) is 19.4. The fourth-order valence-electron chi connectivity index (χ4n) is 4.79. The van der Waals surface area contributed by atoms with Gasteiger partial charge in [-0.2, -0.15) is 0 Å². The number of amides is 2. The summed E-state index contributed by atoms with van der Waals surface area (Å²) >= 11 is 7.33. The van der Waals surface area contributed by atoms with E-state index in [1.54, 1.807) is 78.2 Å². The van der Waals surface area contributed by atoms with E-state index in [1.807, 2.05) is 6.07 Å². The van der Waals surface area contributed by atoms with Crippen LogP contribution in [0.1, 0.15) is 37.2 Å². The molecule has 2 amide bonds. The van der Waals surface area contributed by atoms with Crippen molar-refractivity contribution in [3.05, 3.63) is 122 Å². The summed E-state index contributed by atoms with van der Waals surface area (Å²) in [7, 11) is 0. The molecule has 0 radical (unpaired) electrons. The van der Waals surface area contributed by atoms with Crippen molar-refractivity contribution < 1.29 is 29.0 Å². The van der Waals surface area contributed by atoms with Gasteiger partial charge in [-0.15, -0.1) is 11.3 Å². The molecule has 40 heavy (non-hydrogen) atoms. The van der Waals surface area contributed by atoms with Gasteiger partial charge < -0.3 is 19.9 Å². The predicted molar refractivity (Wildman–Crippen MR) is 150 cm³/mol. The molecule has 0 aliphatic carbocycles. The van der Waals surface area contributed by atoms with Gasteiger partial charge in [-0.25, -0.2) is 0 Å². The molecule has 2 N–H and O–H groups in total. The highest BCUT2D eigenvalue weighted by Crippen LogP contribution is 2.43. The maximum absolute atomic E-state index is 13.6. The number of para-hydroxylation sites is 1. The Morgan fingerprint density at radius 3 is 2.55 bits per heavy atom. The summed E-state index contributed by atoms with van der Waals surface area (Å²) in [6.07, 6.45) is 0. The van der Waals surface area contributed by atoms with Crippen molar-refractivity contribution >= 4 is 46.2 Å². The lowest BCUT2D eigenvalue weighted by Gasteiger charge is -2.28. The highest BCUT2D eigenvalue weighted by molar-refractivity contribution is 7.12. The Hall–Kier alpha value is -4.60. The van der Waals surface area contributed by atoms with Gasteiger partial charge in [0.2, 0.25) is 12.6 Å². The molecule has 0 fully saturated rings. The van der Waals surface area contributed by atoms with Gasteiger partial charge in [0, 0.05) is 11.6 Å². The third-order valence-electron chi connectivity index (χ3n) is 6.68. The van der Waals surface area contributed by atoms with Crippen molar-refractivity contribution in [1.29, 1.82) is 0 Å². The molecular formula is C30H21ClN2O6S. The average Bonchev–Trinajstić information content (AvgIpc) is 3.72. The highest BCUT2D eigenvalue weighted by atomic mass is 35.5. The SMILES string of the molecule is O=C(C1=C(O)C(=O)N(c2ccccc2C(=O)NCc2ccc3c(c2)OCO3)C1c1ccc(Cl)cc1)c1cccs1. The summed E-state index contributed by atoms with van der Waals surface area (Å²) < 4.78 is 10.8. The lowest BCUT2D eigenvalue weighted by Crippen LogP contribution is -2.34. The molecular weight excluding hydrogens is 552 g/mol. The number of hydrogen-bond acceptors (Lipinski definition) is 7. The number of halogens is 1. The number of anilines is 1. The van der Waals surface area contributed by atoms with E-state index in [0.29, 0.717) is 27.0 Å². The number of rotatable bonds is 7. The Kier molecular flexibility index (Phi) is 6.75. The first kappa shape index (κ1) is 25.7. The number of nitrogens with zero attached hydrogens (tertiary/aromatic N) is 1. The second-order valence-electron chi connectivity index (χ2n) is 9.09. The number of carbonyl (C=O) groups is 3. The van der Waals surface area contributed by atoms with Crippen LogP contribution in [0.25, 0.3) is 0 Å². The van der Waals surface area contributed by atoms with Gasteiger partial charge in [0.1, 0.15) is 0 Å². The van der Waals surface area contributed by atoms with Crippen molar-refractivity contribution in [2.24, 2.45) is 0 Å². The Morgan fingerprint density at radius 1 is 1.00 bits per heavy atom. The third-order valence-corrected chi connectivity index (χ3v) is 7.80. The predicted octanol–water partition coefficient (Wildman–Crippen LogP) is 5.84. The quantitative estimate of drug-likeness (QED) is 0.269. The maximum Gasteiger partial charge on any atom is 0.294 e. The zero-order chi connectivity index (χ0) is 27.8. The molecule has 3 aromatic carbocycles. The van der Waals surface area contributed by atoms with Crippen LogP contribution in [-0.2, 0) is 11.3 Å². The molecule has 4 aromatic rings. The molecule has 1 unspecified atom stereocenters. The van der Waals surface area contributed by atoms with Crippen LogP contribution in [0.5, 0.6) is 11.5 Å². The van der Waals surface area contributed by atoms with Crippen LogP contribution in [0.4, 0.5) is 5.69 Å². The second-order valence-corrected chi connectivity index (χ2v) is 10.5. The summed E-state index contributed by atoms with van der Waals surface area (Å²) in [5, 5.41) is 16.1. The van der Waals surface area contributed by atoms with E-state index >= 15 is 0 Å². The Balaban J connectivity index is 1.36. The van der Waals surface area contributed by atoms with Crippen molar-refractivity contribution in [2.75, 3.05) is 11.7 Å². The number of hydrogen-bond donors (Lipinski definition) is 2. The number of fused-ring (bicyclic) bond motifs is 1. The summed E-state index contributed by atoms with van der Waals surface area (Å²) in [5.41, 5.74) is 1.74. The van der Waals surface area contributed by atoms with E-state index in [-0.39, 0.29) is 30.2 Å². The number of nitrogens with one attached hydrogen (secondary N) is 1. The number of ether oxygens (including phenoxy) is 2. The van der Waals surface area contributed by atoms with Crippen LogP contribution in [0.3, 0.4) is 0 Å². The molecule has 3 heterocycles. The van der Waals surface area contributed by atoms with Crippen LogP contribution in [0.15, 0.2) is 95.6 Å². The molecule has 0 saturated carbocycles. The minimum absolute atomic E-state index is 0.0645. The van der Waals surface area contributed by atoms with Crippen LogP contribution in [0.2, 0.25) is 5.02 Å². The number of thiophene rings is 1. The molecule has 8 nitrogen and oxygen atoms in total.